The van der Waals surface area contributed by atoms with Gasteiger partial charge in [-0.2, -0.15) is 4.98 Å². The lowest BCUT2D eigenvalue weighted by molar-refractivity contribution is 0.182. The third-order valence-electron chi connectivity index (χ3n) is 2.35. The first kappa shape index (κ1) is 12.6. The molecule has 6 nitrogen and oxygen atoms in total. The van der Waals surface area contributed by atoms with Crippen molar-refractivity contribution in [3.8, 4) is 11.5 Å². The van der Waals surface area contributed by atoms with Crippen LogP contribution in [-0.4, -0.2) is 28.8 Å². The van der Waals surface area contributed by atoms with Crippen molar-refractivity contribution >= 4 is 0 Å². The largest absolute Gasteiger partial charge is 0.385 e. The molecule has 2 N–H and O–H groups in total. The molecular formula is C11H13FN4O2. The van der Waals surface area contributed by atoms with Gasteiger partial charge in [-0.3, -0.25) is 0 Å². The first-order chi connectivity index (χ1) is 8.70. The standard InChI is InChI=1S/C11H13FN4O2/c1-17-5-4-8(13)11-15-10(16-18-11)9-3-2-7(12)6-14-9/h2-3,6,8H,4-5,13H2,1H3. The molecule has 0 amide bonds. The zero-order valence-corrected chi connectivity index (χ0v) is 9.84. The van der Waals surface area contributed by atoms with Crippen LogP contribution in [-0.2, 0) is 4.74 Å². The van der Waals surface area contributed by atoms with Crippen LogP contribution in [0.5, 0.6) is 0 Å². The summed E-state index contributed by atoms with van der Waals surface area (Å²) in [6, 6.07) is 2.38. The number of aromatic nitrogens is 3. The second-order valence-corrected chi connectivity index (χ2v) is 3.71. The molecule has 96 valence electrons. The zero-order valence-electron chi connectivity index (χ0n) is 9.84. The monoisotopic (exact) mass is 252 g/mol. The zero-order chi connectivity index (χ0) is 13.0. The van der Waals surface area contributed by atoms with E-state index in [2.05, 4.69) is 15.1 Å². The molecule has 0 aliphatic rings. The molecule has 2 aromatic rings. The number of nitrogens with two attached hydrogens (primary N) is 1. The van der Waals surface area contributed by atoms with E-state index in [1.165, 1.54) is 12.1 Å². The van der Waals surface area contributed by atoms with E-state index in [-0.39, 0.29) is 11.9 Å². The summed E-state index contributed by atoms with van der Waals surface area (Å²) in [5, 5.41) is 3.75. The molecule has 1 unspecified atom stereocenters. The SMILES string of the molecule is COCCC(N)c1nc(-c2ccc(F)cn2)no1. The van der Waals surface area contributed by atoms with Crippen LogP contribution in [0.2, 0.25) is 0 Å². The number of hydrogen-bond acceptors (Lipinski definition) is 6. The molecule has 2 heterocycles. The smallest absolute Gasteiger partial charge is 0.244 e. The highest BCUT2D eigenvalue weighted by atomic mass is 19.1. The van der Waals surface area contributed by atoms with Crippen molar-refractivity contribution in [2.24, 2.45) is 5.73 Å². The molecule has 0 saturated carbocycles. The molecule has 0 aliphatic heterocycles. The molecule has 0 saturated heterocycles. The predicted octanol–water partition coefficient (Wildman–Crippen LogP) is 1.31. The van der Waals surface area contributed by atoms with E-state index in [4.69, 9.17) is 15.0 Å². The molecule has 2 rings (SSSR count). The molecule has 0 aliphatic carbocycles. The molecule has 18 heavy (non-hydrogen) atoms. The van der Waals surface area contributed by atoms with E-state index in [0.717, 1.165) is 6.20 Å². The van der Waals surface area contributed by atoms with E-state index < -0.39 is 5.82 Å². The van der Waals surface area contributed by atoms with Crippen molar-refractivity contribution in [3.05, 3.63) is 30.0 Å². The quantitative estimate of drug-likeness (QED) is 0.863. The Bertz CT molecular complexity index is 500. The van der Waals surface area contributed by atoms with Gasteiger partial charge in [0.05, 0.1) is 12.2 Å². The van der Waals surface area contributed by atoms with Crippen LogP contribution in [0.4, 0.5) is 4.39 Å². The molecule has 0 spiro atoms. The summed E-state index contributed by atoms with van der Waals surface area (Å²) in [5.41, 5.74) is 6.28. The van der Waals surface area contributed by atoms with Gasteiger partial charge in [-0.05, 0) is 18.6 Å². The molecule has 2 aromatic heterocycles. The van der Waals surface area contributed by atoms with Crippen LogP contribution >= 0.6 is 0 Å². The minimum atomic E-state index is -0.417. The van der Waals surface area contributed by atoms with E-state index in [0.29, 0.717) is 24.6 Å². The third kappa shape index (κ3) is 2.88. The average Bonchev–Trinajstić information content (AvgIpc) is 2.86. The van der Waals surface area contributed by atoms with Gasteiger partial charge in [0.2, 0.25) is 11.7 Å². The number of rotatable bonds is 5. The van der Waals surface area contributed by atoms with E-state index >= 15 is 0 Å². The lowest BCUT2D eigenvalue weighted by atomic mass is 10.2. The number of hydrogen-bond donors (Lipinski definition) is 1. The Kier molecular flexibility index (Phi) is 3.96. The molecule has 7 heteroatoms. The molecular weight excluding hydrogens is 239 g/mol. The number of ether oxygens (including phenoxy) is 1. The summed E-state index contributed by atoms with van der Waals surface area (Å²) in [4.78, 5) is 7.98. The highest BCUT2D eigenvalue weighted by Crippen LogP contribution is 2.17. The van der Waals surface area contributed by atoms with Crippen LogP contribution in [0.25, 0.3) is 11.5 Å². The van der Waals surface area contributed by atoms with Gasteiger partial charge in [0, 0.05) is 13.7 Å². The maximum Gasteiger partial charge on any atom is 0.244 e. The fraction of sp³-hybridized carbons (Fsp3) is 0.364. The van der Waals surface area contributed by atoms with Gasteiger partial charge in [0.1, 0.15) is 11.5 Å². The van der Waals surface area contributed by atoms with Crippen LogP contribution in [0.1, 0.15) is 18.4 Å². The first-order valence-corrected chi connectivity index (χ1v) is 5.40. The predicted molar refractivity (Wildman–Crippen MR) is 60.9 cm³/mol. The maximum absolute atomic E-state index is 12.7. The molecule has 0 radical (unpaired) electrons. The maximum atomic E-state index is 12.7. The van der Waals surface area contributed by atoms with Gasteiger partial charge in [-0.25, -0.2) is 9.37 Å². The van der Waals surface area contributed by atoms with Crippen molar-refractivity contribution in [3.63, 3.8) is 0 Å². The summed E-state index contributed by atoms with van der Waals surface area (Å²) >= 11 is 0. The summed E-state index contributed by atoms with van der Waals surface area (Å²) in [6.45, 7) is 0.508. The van der Waals surface area contributed by atoms with Crippen LogP contribution in [0, 0.1) is 5.82 Å². The van der Waals surface area contributed by atoms with Crippen LogP contribution < -0.4 is 5.73 Å². The molecule has 0 fully saturated rings. The van der Waals surface area contributed by atoms with Gasteiger partial charge in [0.25, 0.3) is 0 Å². The van der Waals surface area contributed by atoms with Crippen LogP contribution in [0.3, 0.4) is 0 Å². The Morgan fingerprint density at radius 2 is 2.33 bits per heavy atom. The topological polar surface area (TPSA) is 87.1 Å². The fourth-order valence-corrected chi connectivity index (χ4v) is 1.37. The summed E-state index contributed by atoms with van der Waals surface area (Å²) < 4.78 is 22.7. The Morgan fingerprint density at radius 3 is 3.00 bits per heavy atom. The Hall–Kier alpha value is -1.86. The lowest BCUT2D eigenvalue weighted by Gasteiger charge is -2.04. The second kappa shape index (κ2) is 5.65. The van der Waals surface area contributed by atoms with Gasteiger partial charge >= 0.3 is 0 Å². The third-order valence-corrected chi connectivity index (χ3v) is 2.35. The summed E-state index contributed by atoms with van der Waals surface area (Å²) in [6.07, 6.45) is 1.67. The molecule has 0 bridgehead atoms. The average molecular weight is 252 g/mol. The van der Waals surface area contributed by atoms with Gasteiger partial charge in [0.15, 0.2) is 0 Å². The minimum Gasteiger partial charge on any atom is -0.385 e. The number of methoxy groups -OCH3 is 1. The first-order valence-electron chi connectivity index (χ1n) is 5.40. The Morgan fingerprint density at radius 1 is 1.50 bits per heavy atom. The van der Waals surface area contributed by atoms with E-state index in [1.807, 2.05) is 0 Å². The van der Waals surface area contributed by atoms with Crippen molar-refractivity contribution in [1.29, 1.82) is 0 Å². The van der Waals surface area contributed by atoms with E-state index in [1.54, 1.807) is 7.11 Å². The van der Waals surface area contributed by atoms with Gasteiger partial charge < -0.3 is 15.0 Å². The van der Waals surface area contributed by atoms with Crippen LogP contribution in [0.15, 0.2) is 22.9 Å². The van der Waals surface area contributed by atoms with Gasteiger partial charge in [-0.1, -0.05) is 5.16 Å². The molecule has 0 aromatic carbocycles. The highest BCUT2D eigenvalue weighted by Gasteiger charge is 2.16. The number of pyridine rings is 1. The van der Waals surface area contributed by atoms with Crippen molar-refractivity contribution in [2.75, 3.05) is 13.7 Å². The second-order valence-electron chi connectivity index (χ2n) is 3.71. The minimum absolute atomic E-state index is 0.290. The van der Waals surface area contributed by atoms with Gasteiger partial charge in [-0.15, -0.1) is 0 Å². The highest BCUT2D eigenvalue weighted by molar-refractivity contribution is 5.47. The summed E-state index contributed by atoms with van der Waals surface area (Å²) in [5.74, 6) is 0.185. The summed E-state index contributed by atoms with van der Waals surface area (Å²) in [7, 11) is 1.59. The Labute approximate surface area is 103 Å². The van der Waals surface area contributed by atoms with Crippen molar-refractivity contribution in [1.82, 2.24) is 15.1 Å². The normalized spacial score (nSPS) is 12.6. The fourth-order valence-electron chi connectivity index (χ4n) is 1.37. The molecule has 1 atom stereocenters. The van der Waals surface area contributed by atoms with Crippen molar-refractivity contribution < 1.29 is 13.7 Å². The lowest BCUT2D eigenvalue weighted by Crippen LogP contribution is -2.13. The number of halogens is 1. The number of nitrogens with zero attached hydrogens (tertiary/aromatic N) is 3. The van der Waals surface area contributed by atoms with Crippen molar-refractivity contribution in [2.45, 2.75) is 12.5 Å². The van der Waals surface area contributed by atoms with E-state index in [9.17, 15) is 4.39 Å². The Balaban J connectivity index is 2.12.